The van der Waals surface area contributed by atoms with Crippen molar-refractivity contribution in [3.63, 3.8) is 0 Å². The summed E-state index contributed by atoms with van der Waals surface area (Å²) in [4.78, 5) is 6.79. The van der Waals surface area contributed by atoms with Crippen LogP contribution in [0.25, 0.3) is 5.65 Å². The predicted molar refractivity (Wildman–Crippen MR) is 67.1 cm³/mol. The third kappa shape index (κ3) is 1.76. The predicted octanol–water partition coefficient (Wildman–Crippen LogP) is 0.823. The zero-order chi connectivity index (χ0) is 11.8. The van der Waals surface area contributed by atoms with Crippen molar-refractivity contribution < 1.29 is 0 Å². The van der Waals surface area contributed by atoms with Crippen molar-refractivity contribution in [2.45, 2.75) is 13.3 Å². The van der Waals surface area contributed by atoms with Gasteiger partial charge in [0, 0.05) is 18.8 Å². The molecule has 1 aliphatic rings. The minimum atomic E-state index is 0.586. The molecule has 0 bridgehead atoms. The minimum Gasteiger partial charge on any atom is -0.339 e. The van der Waals surface area contributed by atoms with Gasteiger partial charge in [-0.25, -0.2) is 4.52 Å². The molecule has 3 rings (SSSR count). The molecule has 3 heterocycles. The van der Waals surface area contributed by atoms with Gasteiger partial charge in [0.1, 0.15) is 0 Å². The van der Waals surface area contributed by atoms with Crippen molar-refractivity contribution in [2.75, 3.05) is 24.5 Å². The van der Waals surface area contributed by atoms with Crippen LogP contribution < -0.4 is 10.6 Å². The quantitative estimate of drug-likeness (QED) is 0.831. The van der Waals surface area contributed by atoms with Crippen LogP contribution >= 0.6 is 0 Å². The highest BCUT2D eigenvalue weighted by Gasteiger charge is 2.24. The molecule has 90 valence electrons. The number of aryl methyl sites for hydroxylation is 1. The van der Waals surface area contributed by atoms with Crippen LogP contribution in [0.5, 0.6) is 0 Å². The molecule has 0 aliphatic carbocycles. The van der Waals surface area contributed by atoms with Crippen LogP contribution in [0.4, 0.5) is 5.95 Å². The largest absolute Gasteiger partial charge is 0.339 e. The molecule has 5 heteroatoms. The summed E-state index contributed by atoms with van der Waals surface area (Å²) in [5, 5.41) is 4.55. The van der Waals surface area contributed by atoms with Crippen molar-refractivity contribution in [1.29, 1.82) is 0 Å². The summed E-state index contributed by atoms with van der Waals surface area (Å²) in [6, 6.07) is 6.04. The Morgan fingerprint density at radius 3 is 3.06 bits per heavy atom. The molecule has 1 unspecified atom stereocenters. The van der Waals surface area contributed by atoms with Gasteiger partial charge in [-0.15, -0.1) is 5.10 Å². The lowest BCUT2D eigenvalue weighted by molar-refractivity contribution is 0.601. The molecule has 1 atom stereocenters. The molecule has 2 aromatic heterocycles. The standard InChI is InChI=1S/C12H17N5/c1-9-3-2-4-11-14-12(15-17(9)11)16-6-5-10(7-13)8-16/h2-4,10H,5-8,13H2,1H3. The van der Waals surface area contributed by atoms with E-state index in [1.807, 2.05) is 29.6 Å². The Bertz CT molecular complexity index is 533. The lowest BCUT2D eigenvalue weighted by Crippen LogP contribution is -2.23. The second kappa shape index (κ2) is 4.00. The van der Waals surface area contributed by atoms with Gasteiger partial charge in [0.25, 0.3) is 0 Å². The fourth-order valence-corrected chi connectivity index (χ4v) is 2.36. The van der Waals surface area contributed by atoms with E-state index < -0.39 is 0 Å². The lowest BCUT2D eigenvalue weighted by atomic mass is 10.1. The van der Waals surface area contributed by atoms with Crippen LogP contribution in [0, 0.1) is 12.8 Å². The first kappa shape index (κ1) is 10.5. The van der Waals surface area contributed by atoms with Crippen LogP contribution in [0.3, 0.4) is 0 Å². The van der Waals surface area contributed by atoms with Crippen LogP contribution in [0.1, 0.15) is 12.1 Å². The van der Waals surface area contributed by atoms with Crippen molar-refractivity contribution in [1.82, 2.24) is 14.6 Å². The summed E-state index contributed by atoms with van der Waals surface area (Å²) in [7, 11) is 0. The van der Waals surface area contributed by atoms with E-state index in [0.717, 1.165) is 43.3 Å². The average molecular weight is 231 g/mol. The van der Waals surface area contributed by atoms with Crippen LogP contribution in [-0.2, 0) is 0 Å². The Morgan fingerprint density at radius 1 is 1.47 bits per heavy atom. The molecular weight excluding hydrogens is 214 g/mol. The molecule has 0 amide bonds. The first-order valence-corrected chi connectivity index (χ1v) is 6.05. The molecular formula is C12H17N5. The molecule has 1 aliphatic heterocycles. The summed E-state index contributed by atoms with van der Waals surface area (Å²) in [5.74, 6) is 1.41. The number of fused-ring (bicyclic) bond motifs is 1. The van der Waals surface area contributed by atoms with Crippen molar-refractivity contribution >= 4 is 11.6 Å². The van der Waals surface area contributed by atoms with Gasteiger partial charge in [0.05, 0.1) is 0 Å². The molecule has 2 aromatic rings. The molecule has 1 saturated heterocycles. The van der Waals surface area contributed by atoms with E-state index >= 15 is 0 Å². The minimum absolute atomic E-state index is 0.586. The smallest absolute Gasteiger partial charge is 0.245 e. The van der Waals surface area contributed by atoms with E-state index in [0.29, 0.717) is 5.92 Å². The Kier molecular flexibility index (Phi) is 2.48. The molecule has 0 radical (unpaired) electrons. The summed E-state index contributed by atoms with van der Waals surface area (Å²) in [5.41, 5.74) is 7.72. The van der Waals surface area contributed by atoms with Gasteiger partial charge in [-0.05, 0) is 37.9 Å². The van der Waals surface area contributed by atoms with Crippen molar-refractivity contribution in [3.8, 4) is 0 Å². The van der Waals surface area contributed by atoms with E-state index in [2.05, 4.69) is 15.0 Å². The topological polar surface area (TPSA) is 59.5 Å². The monoisotopic (exact) mass is 231 g/mol. The number of nitrogens with zero attached hydrogens (tertiary/aromatic N) is 4. The van der Waals surface area contributed by atoms with E-state index in [-0.39, 0.29) is 0 Å². The highest BCUT2D eigenvalue weighted by atomic mass is 15.4. The van der Waals surface area contributed by atoms with Gasteiger partial charge >= 0.3 is 0 Å². The third-order valence-electron chi connectivity index (χ3n) is 3.44. The van der Waals surface area contributed by atoms with E-state index in [1.165, 1.54) is 0 Å². The molecule has 1 fully saturated rings. The van der Waals surface area contributed by atoms with Gasteiger partial charge in [-0.2, -0.15) is 4.98 Å². The first-order chi connectivity index (χ1) is 8.28. The fourth-order valence-electron chi connectivity index (χ4n) is 2.36. The summed E-state index contributed by atoms with van der Waals surface area (Å²) >= 11 is 0. The van der Waals surface area contributed by atoms with Crippen LogP contribution in [-0.4, -0.2) is 34.2 Å². The second-order valence-corrected chi connectivity index (χ2v) is 4.69. The maximum Gasteiger partial charge on any atom is 0.245 e. The second-order valence-electron chi connectivity index (χ2n) is 4.69. The zero-order valence-electron chi connectivity index (χ0n) is 10.0. The summed E-state index contributed by atoms with van der Waals surface area (Å²) in [6.07, 6.45) is 1.14. The maximum absolute atomic E-state index is 5.70. The number of pyridine rings is 1. The first-order valence-electron chi connectivity index (χ1n) is 6.05. The number of hydrogen-bond donors (Lipinski definition) is 1. The Morgan fingerprint density at radius 2 is 2.35 bits per heavy atom. The van der Waals surface area contributed by atoms with Crippen LogP contribution in [0.15, 0.2) is 18.2 Å². The average Bonchev–Trinajstić information content (AvgIpc) is 2.95. The van der Waals surface area contributed by atoms with Gasteiger partial charge in [0.15, 0.2) is 5.65 Å². The third-order valence-corrected chi connectivity index (χ3v) is 3.44. The fraction of sp³-hybridized carbons (Fsp3) is 0.500. The Balaban J connectivity index is 1.94. The van der Waals surface area contributed by atoms with E-state index in [1.54, 1.807) is 0 Å². The normalized spacial score (nSPS) is 20.4. The van der Waals surface area contributed by atoms with E-state index in [4.69, 9.17) is 5.73 Å². The Hall–Kier alpha value is -1.62. The molecule has 0 aromatic carbocycles. The number of rotatable bonds is 2. The summed E-state index contributed by atoms with van der Waals surface area (Å²) < 4.78 is 1.89. The maximum atomic E-state index is 5.70. The number of anilines is 1. The van der Waals surface area contributed by atoms with Gasteiger partial charge in [-0.1, -0.05) is 6.07 Å². The number of hydrogen-bond acceptors (Lipinski definition) is 4. The number of nitrogens with two attached hydrogens (primary N) is 1. The zero-order valence-corrected chi connectivity index (χ0v) is 10.0. The van der Waals surface area contributed by atoms with Crippen molar-refractivity contribution in [2.24, 2.45) is 11.7 Å². The van der Waals surface area contributed by atoms with Crippen molar-refractivity contribution in [3.05, 3.63) is 23.9 Å². The van der Waals surface area contributed by atoms with E-state index in [9.17, 15) is 0 Å². The van der Waals surface area contributed by atoms with Crippen LogP contribution in [0.2, 0.25) is 0 Å². The highest BCUT2D eigenvalue weighted by molar-refractivity contribution is 5.46. The van der Waals surface area contributed by atoms with Gasteiger partial charge < -0.3 is 10.6 Å². The molecule has 17 heavy (non-hydrogen) atoms. The molecule has 0 saturated carbocycles. The Labute approximate surface area is 100 Å². The molecule has 0 spiro atoms. The number of aromatic nitrogens is 3. The van der Waals surface area contributed by atoms with Gasteiger partial charge in [0.2, 0.25) is 5.95 Å². The van der Waals surface area contributed by atoms with Gasteiger partial charge in [-0.3, -0.25) is 0 Å². The molecule has 5 nitrogen and oxygen atoms in total. The highest BCUT2D eigenvalue weighted by Crippen LogP contribution is 2.21. The lowest BCUT2D eigenvalue weighted by Gasteiger charge is -2.12. The summed E-state index contributed by atoms with van der Waals surface area (Å²) in [6.45, 7) is 4.78. The molecule has 2 N–H and O–H groups in total. The SMILES string of the molecule is Cc1cccc2nc(N3CCC(CN)C3)nn12.